The first kappa shape index (κ1) is 13.4. The first-order valence-electron chi connectivity index (χ1n) is 4.76. The number of esters is 1. The molecule has 0 heterocycles. The van der Waals surface area contributed by atoms with E-state index >= 15 is 0 Å². The van der Waals surface area contributed by atoms with E-state index in [9.17, 15) is 9.59 Å². The number of hydrogen-bond donors (Lipinski definition) is 1. The molecule has 0 fully saturated rings. The minimum atomic E-state index is -0.868. The van der Waals surface area contributed by atoms with Gasteiger partial charge in [0.2, 0.25) is 0 Å². The third kappa shape index (κ3) is 6.49. The number of ether oxygens (including phenoxy) is 1. The largest absolute Gasteiger partial charge is 0.481 e. The van der Waals surface area contributed by atoms with Crippen molar-refractivity contribution in [3.05, 3.63) is 25.3 Å². The summed E-state index contributed by atoms with van der Waals surface area (Å²) in [6.45, 7) is 7.00. The molecule has 0 aliphatic heterocycles. The summed E-state index contributed by atoms with van der Waals surface area (Å²) >= 11 is 0. The Morgan fingerprint density at radius 3 is 2.47 bits per heavy atom. The highest BCUT2D eigenvalue weighted by atomic mass is 16.5. The second kappa shape index (κ2) is 7.79. The molecule has 0 aromatic heterocycles. The van der Waals surface area contributed by atoms with Crippen LogP contribution in [0.25, 0.3) is 0 Å². The highest BCUT2D eigenvalue weighted by molar-refractivity contribution is 5.81. The summed E-state index contributed by atoms with van der Waals surface area (Å²) in [6, 6.07) is 0. The Balaban J connectivity index is 3.53. The summed E-state index contributed by atoms with van der Waals surface area (Å²) in [4.78, 5) is 21.2. The Hall–Kier alpha value is -1.58. The van der Waals surface area contributed by atoms with Gasteiger partial charge in [0.15, 0.2) is 0 Å². The van der Waals surface area contributed by atoms with E-state index in [1.54, 1.807) is 0 Å². The van der Waals surface area contributed by atoms with Crippen LogP contribution in [0.3, 0.4) is 0 Å². The van der Waals surface area contributed by atoms with E-state index < -0.39 is 17.9 Å². The highest BCUT2D eigenvalue weighted by Gasteiger charge is 2.11. The van der Waals surface area contributed by atoms with Crippen molar-refractivity contribution in [3.8, 4) is 0 Å². The van der Waals surface area contributed by atoms with Crippen LogP contribution < -0.4 is 0 Å². The van der Waals surface area contributed by atoms with Gasteiger partial charge < -0.3 is 9.84 Å². The molecule has 1 atom stereocenters. The Bertz CT molecular complexity index is 245. The lowest BCUT2D eigenvalue weighted by Gasteiger charge is -2.06. The van der Waals surface area contributed by atoms with Gasteiger partial charge >= 0.3 is 11.9 Å². The number of rotatable bonds is 8. The van der Waals surface area contributed by atoms with Gasteiger partial charge in [-0.1, -0.05) is 12.7 Å². The molecule has 0 rings (SSSR count). The van der Waals surface area contributed by atoms with Crippen LogP contribution in [0, 0.1) is 5.92 Å². The molecule has 0 saturated heterocycles. The summed E-state index contributed by atoms with van der Waals surface area (Å²) in [5.74, 6) is -1.83. The second-order valence-corrected chi connectivity index (χ2v) is 3.05. The first-order valence-corrected chi connectivity index (χ1v) is 4.76. The molecule has 4 heteroatoms. The molecular formula is C11H16O4. The zero-order valence-corrected chi connectivity index (χ0v) is 8.65. The standard InChI is InChI=1S/C11H16O4/c1-3-9(11(13)14)7-5-6-8-15-10(12)4-2/h3-4,9H,1-2,5-8H2,(H,13,14). The predicted octanol–water partition coefficient (Wildman–Crippen LogP) is 1.77. The van der Waals surface area contributed by atoms with E-state index in [1.807, 2.05) is 0 Å². The Morgan fingerprint density at radius 2 is 2.00 bits per heavy atom. The number of hydrogen-bond acceptors (Lipinski definition) is 3. The Morgan fingerprint density at radius 1 is 1.33 bits per heavy atom. The van der Waals surface area contributed by atoms with Crippen LogP contribution in [0.15, 0.2) is 25.3 Å². The van der Waals surface area contributed by atoms with E-state index in [4.69, 9.17) is 9.84 Å². The van der Waals surface area contributed by atoms with Crippen molar-refractivity contribution >= 4 is 11.9 Å². The summed E-state index contributed by atoms with van der Waals surface area (Å²) in [7, 11) is 0. The zero-order chi connectivity index (χ0) is 11.7. The van der Waals surface area contributed by atoms with Crippen molar-refractivity contribution < 1.29 is 19.4 Å². The minimum Gasteiger partial charge on any atom is -0.481 e. The molecule has 0 bridgehead atoms. The lowest BCUT2D eigenvalue weighted by molar-refractivity contribution is -0.141. The van der Waals surface area contributed by atoms with Crippen LogP contribution in [-0.2, 0) is 14.3 Å². The van der Waals surface area contributed by atoms with Gasteiger partial charge in [0.25, 0.3) is 0 Å². The van der Waals surface area contributed by atoms with Gasteiger partial charge in [-0.25, -0.2) is 4.79 Å². The van der Waals surface area contributed by atoms with Crippen molar-refractivity contribution in [2.24, 2.45) is 5.92 Å². The smallest absolute Gasteiger partial charge is 0.330 e. The monoisotopic (exact) mass is 212 g/mol. The third-order valence-electron chi connectivity index (χ3n) is 1.92. The molecule has 15 heavy (non-hydrogen) atoms. The van der Waals surface area contributed by atoms with Gasteiger partial charge in [-0.15, -0.1) is 6.58 Å². The number of aliphatic carboxylic acids is 1. The molecule has 1 N–H and O–H groups in total. The quantitative estimate of drug-likeness (QED) is 0.288. The molecule has 1 unspecified atom stereocenters. The van der Waals surface area contributed by atoms with Crippen molar-refractivity contribution in [2.75, 3.05) is 6.61 Å². The molecule has 0 radical (unpaired) electrons. The maximum Gasteiger partial charge on any atom is 0.330 e. The van der Waals surface area contributed by atoms with Crippen LogP contribution in [0.5, 0.6) is 0 Å². The SMILES string of the molecule is C=CC(=O)OCCCCC(C=C)C(=O)O. The van der Waals surface area contributed by atoms with Crippen molar-refractivity contribution in [2.45, 2.75) is 19.3 Å². The summed E-state index contributed by atoms with van der Waals surface area (Å²) < 4.78 is 4.74. The summed E-state index contributed by atoms with van der Waals surface area (Å²) in [5.41, 5.74) is 0. The van der Waals surface area contributed by atoms with Crippen molar-refractivity contribution in [3.63, 3.8) is 0 Å². The van der Waals surface area contributed by atoms with Crippen LogP contribution in [-0.4, -0.2) is 23.7 Å². The molecule has 0 spiro atoms. The maximum absolute atomic E-state index is 10.6. The predicted molar refractivity (Wildman–Crippen MR) is 56.3 cm³/mol. The van der Waals surface area contributed by atoms with E-state index in [1.165, 1.54) is 6.08 Å². The number of carboxylic acids is 1. The van der Waals surface area contributed by atoms with Gasteiger partial charge in [-0.3, -0.25) is 4.79 Å². The highest BCUT2D eigenvalue weighted by Crippen LogP contribution is 2.09. The fourth-order valence-electron chi connectivity index (χ4n) is 1.04. The van der Waals surface area contributed by atoms with Gasteiger partial charge in [-0.05, 0) is 19.3 Å². The third-order valence-corrected chi connectivity index (χ3v) is 1.92. The van der Waals surface area contributed by atoms with E-state index in [-0.39, 0.29) is 0 Å². The normalized spacial score (nSPS) is 11.5. The lowest BCUT2D eigenvalue weighted by atomic mass is 10.0. The molecule has 0 aromatic rings. The molecule has 4 nitrogen and oxygen atoms in total. The summed E-state index contributed by atoms with van der Waals surface area (Å²) in [6.07, 6.45) is 4.37. The van der Waals surface area contributed by atoms with Gasteiger partial charge in [0, 0.05) is 6.08 Å². The Labute approximate surface area is 89.2 Å². The van der Waals surface area contributed by atoms with E-state index in [2.05, 4.69) is 13.2 Å². The van der Waals surface area contributed by atoms with Crippen LogP contribution in [0.1, 0.15) is 19.3 Å². The van der Waals surface area contributed by atoms with Crippen LogP contribution in [0.2, 0.25) is 0 Å². The Kier molecular flexibility index (Phi) is 6.97. The number of carboxylic acid groups (broad SMARTS) is 1. The molecule has 0 amide bonds. The molecule has 0 saturated carbocycles. The first-order chi connectivity index (χ1) is 7.11. The number of carbonyl (C=O) groups is 2. The fraction of sp³-hybridized carbons (Fsp3) is 0.455. The topological polar surface area (TPSA) is 63.6 Å². The van der Waals surface area contributed by atoms with E-state index in [0.717, 1.165) is 6.08 Å². The molecular weight excluding hydrogens is 196 g/mol. The molecule has 0 aromatic carbocycles. The number of carbonyl (C=O) groups excluding carboxylic acids is 1. The maximum atomic E-state index is 10.6. The second-order valence-electron chi connectivity index (χ2n) is 3.05. The van der Waals surface area contributed by atoms with Gasteiger partial charge in [0.05, 0.1) is 12.5 Å². The van der Waals surface area contributed by atoms with E-state index in [0.29, 0.717) is 25.9 Å². The fourth-order valence-corrected chi connectivity index (χ4v) is 1.04. The van der Waals surface area contributed by atoms with Crippen molar-refractivity contribution in [1.29, 1.82) is 0 Å². The van der Waals surface area contributed by atoms with Gasteiger partial charge in [0.1, 0.15) is 0 Å². The minimum absolute atomic E-state index is 0.300. The lowest BCUT2D eigenvalue weighted by Crippen LogP contribution is -2.11. The average molecular weight is 212 g/mol. The van der Waals surface area contributed by atoms with Crippen LogP contribution >= 0.6 is 0 Å². The van der Waals surface area contributed by atoms with Crippen molar-refractivity contribution in [1.82, 2.24) is 0 Å². The molecule has 0 aliphatic carbocycles. The molecule has 84 valence electrons. The summed E-state index contributed by atoms with van der Waals surface area (Å²) in [5, 5.41) is 8.69. The van der Waals surface area contributed by atoms with Crippen LogP contribution in [0.4, 0.5) is 0 Å². The van der Waals surface area contributed by atoms with Gasteiger partial charge in [-0.2, -0.15) is 0 Å². The average Bonchev–Trinajstić information content (AvgIpc) is 2.22. The molecule has 0 aliphatic rings. The number of unbranched alkanes of at least 4 members (excludes halogenated alkanes) is 1. The zero-order valence-electron chi connectivity index (χ0n) is 8.65.